The van der Waals surface area contributed by atoms with Gasteiger partial charge in [0.2, 0.25) is 0 Å². The maximum atomic E-state index is 4.72. The molecule has 5 nitrogen and oxygen atoms in total. The van der Waals surface area contributed by atoms with Crippen LogP contribution in [0.4, 0.5) is 5.82 Å². The molecule has 4 aromatic rings. The summed E-state index contributed by atoms with van der Waals surface area (Å²) >= 11 is 0. The van der Waals surface area contributed by atoms with Gasteiger partial charge in [-0.3, -0.25) is 0 Å². The van der Waals surface area contributed by atoms with Gasteiger partial charge in [-0.05, 0) is 42.4 Å². The lowest BCUT2D eigenvalue weighted by Gasteiger charge is -2.34. The van der Waals surface area contributed by atoms with Gasteiger partial charge in [0.05, 0.1) is 17.4 Å². The van der Waals surface area contributed by atoms with Crippen molar-refractivity contribution >= 4 is 16.9 Å². The fourth-order valence-electron chi connectivity index (χ4n) is 4.02. The summed E-state index contributed by atoms with van der Waals surface area (Å²) < 4.78 is 2.20. The molecule has 5 heteroatoms. The summed E-state index contributed by atoms with van der Waals surface area (Å²) in [4.78, 5) is 14.0. The predicted molar refractivity (Wildman–Crippen MR) is 118 cm³/mol. The highest BCUT2D eigenvalue weighted by Crippen LogP contribution is 2.29. The number of imidazole rings is 1. The Kier molecular flexibility index (Phi) is 4.74. The van der Waals surface area contributed by atoms with Crippen LogP contribution < -0.4 is 4.90 Å². The molecule has 1 fully saturated rings. The first-order chi connectivity index (χ1) is 14.3. The van der Waals surface area contributed by atoms with E-state index in [4.69, 9.17) is 4.98 Å². The number of hydrogen-bond acceptors (Lipinski definition) is 4. The van der Waals surface area contributed by atoms with Crippen molar-refractivity contribution in [3.8, 4) is 11.1 Å². The van der Waals surface area contributed by atoms with Crippen molar-refractivity contribution in [1.82, 2.24) is 19.4 Å². The van der Waals surface area contributed by atoms with E-state index in [0.717, 1.165) is 44.1 Å². The highest BCUT2D eigenvalue weighted by molar-refractivity contribution is 5.76. The lowest BCUT2D eigenvalue weighted by atomic mass is 10.0. The van der Waals surface area contributed by atoms with Gasteiger partial charge in [-0.1, -0.05) is 36.4 Å². The molecule has 0 radical (unpaired) electrons. The Morgan fingerprint density at radius 3 is 2.45 bits per heavy atom. The molecule has 0 bridgehead atoms. The van der Waals surface area contributed by atoms with Crippen LogP contribution in [0.3, 0.4) is 0 Å². The van der Waals surface area contributed by atoms with E-state index in [0.29, 0.717) is 0 Å². The molecular formula is C24H25N5. The zero-order chi connectivity index (χ0) is 19.6. The molecule has 0 atom stereocenters. The van der Waals surface area contributed by atoms with Crippen LogP contribution in [0, 0.1) is 0 Å². The van der Waals surface area contributed by atoms with Crippen LogP contribution >= 0.6 is 0 Å². The number of hydrogen-bond donors (Lipinski definition) is 0. The van der Waals surface area contributed by atoms with Crippen molar-refractivity contribution in [2.45, 2.75) is 6.54 Å². The number of aromatic nitrogens is 3. The largest absolute Gasteiger partial charge is 0.354 e. The highest BCUT2D eigenvalue weighted by atomic mass is 15.3. The van der Waals surface area contributed by atoms with E-state index in [-0.39, 0.29) is 0 Å². The molecule has 146 valence electrons. The topological polar surface area (TPSA) is 37.2 Å². The van der Waals surface area contributed by atoms with Gasteiger partial charge in [-0.15, -0.1) is 0 Å². The second-order valence-electron chi connectivity index (χ2n) is 7.72. The van der Waals surface area contributed by atoms with Crippen molar-refractivity contribution in [3.05, 3.63) is 78.8 Å². The maximum Gasteiger partial charge on any atom is 0.136 e. The number of likely N-dealkylation sites (N-methyl/N-ethyl adjacent to an activating group) is 1. The molecule has 0 amide bonds. The second kappa shape index (κ2) is 7.68. The quantitative estimate of drug-likeness (QED) is 0.536. The summed E-state index contributed by atoms with van der Waals surface area (Å²) in [6, 6.07) is 21.3. The normalized spacial score (nSPS) is 15.1. The summed E-state index contributed by atoms with van der Waals surface area (Å²) in [7, 11) is 2.18. The van der Waals surface area contributed by atoms with Crippen LogP contribution in [0.5, 0.6) is 0 Å². The minimum atomic E-state index is 0.819. The van der Waals surface area contributed by atoms with Crippen LogP contribution in [-0.2, 0) is 6.54 Å². The Labute approximate surface area is 171 Å². The minimum absolute atomic E-state index is 0.819. The molecule has 0 spiro atoms. The minimum Gasteiger partial charge on any atom is -0.354 e. The molecule has 5 rings (SSSR count). The van der Waals surface area contributed by atoms with Crippen molar-refractivity contribution in [1.29, 1.82) is 0 Å². The molecule has 2 aromatic carbocycles. The molecule has 0 aliphatic carbocycles. The van der Waals surface area contributed by atoms with E-state index >= 15 is 0 Å². The summed E-state index contributed by atoms with van der Waals surface area (Å²) in [5.41, 5.74) is 5.89. The molecule has 1 saturated heterocycles. The van der Waals surface area contributed by atoms with Gasteiger partial charge in [-0.25, -0.2) is 9.97 Å². The Hall–Kier alpha value is -3.18. The third-order valence-electron chi connectivity index (χ3n) is 5.73. The molecule has 3 heterocycles. The van der Waals surface area contributed by atoms with Crippen LogP contribution in [-0.4, -0.2) is 52.7 Å². The van der Waals surface area contributed by atoms with Gasteiger partial charge in [0, 0.05) is 44.5 Å². The van der Waals surface area contributed by atoms with E-state index in [2.05, 4.69) is 74.9 Å². The van der Waals surface area contributed by atoms with Gasteiger partial charge in [0.15, 0.2) is 0 Å². The first kappa shape index (κ1) is 17.9. The standard InChI is InChI=1S/C24H25N5/c1-27-13-15-28(16-14-27)24-21(5-4-12-25-24)20-10-8-19(9-11-20)17-29-18-26-22-6-2-3-7-23(22)29/h2-12,18H,13-17H2,1H3. The molecular weight excluding hydrogens is 358 g/mol. The monoisotopic (exact) mass is 383 g/mol. The summed E-state index contributed by atoms with van der Waals surface area (Å²) in [6.07, 6.45) is 3.82. The van der Waals surface area contributed by atoms with E-state index in [1.807, 2.05) is 24.7 Å². The third-order valence-corrected chi connectivity index (χ3v) is 5.73. The highest BCUT2D eigenvalue weighted by Gasteiger charge is 2.18. The molecule has 29 heavy (non-hydrogen) atoms. The average molecular weight is 383 g/mol. The van der Waals surface area contributed by atoms with E-state index in [1.54, 1.807) is 0 Å². The first-order valence-electron chi connectivity index (χ1n) is 10.2. The second-order valence-corrected chi connectivity index (χ2v) is 7.72. The predicted octanol–water partition coefficient (Wildman–Crippen LogP) is 3.90. The molecule has 1 aliphatic rings. The number of fused-ring (bicyclic) bond motifs is 1. The van der Waals surface area contributed by atoms with Crippen LogP contribution in [0.2, 0.25) is 0 Å². The molecule has 0 saturated carbocycles. The smallest absolute Gasteiger partial charge is 0.136 e. The van der Waals surface area contributed by atoms with Crippen molar-refractivity contribution in [2.75, 3.05) is 38.1 Å². The van der Waals surface area contributed by atoms with Crippen molar-refractivity contribution in [3.63, 3.8) is 0 Å². The lowest BCUT2D eigenvalue weighted by molar-refractivity contribution is 0.312. The summed E-state index contributed by atoms with van der Waals surface area (Å²) in [5.74, 6) is 1.09. The Bertz CT molecular complexity index is 1110. The zero-order valence-corrected chi connectivity index (χ0v) is 16.7. The van der Waals surface area contributed by atoms with Gasteiger partial charge in [0.1, 0.15) is 5.82 Å². The van der Waals surface area contributed by atoms with E-state index in [9.17, 15) is 0 Å². The fraction of sp³-hybridized carbons (Fsp3) is 0.250. The van der Waals surface area contributed by atoms with Crippen LogP contribution in [0.25, 0.3) is 22.2 Å². The summed E-state index contributed by atoms with van der Waals surface area (Å²) in [6.45, 7) is 5.01. The van der Waals surface area contributed by atoms with E-state index in [1.165, 1.54) is 22.2 Å². The van der Waals surface area contributed by atoms with Crippen LogP contribution in [0.15, 0.2) is 73.2 Å². The SMILES string of the molecule is CN1CCN(c2ncccc2-c2ccc(Cn3cnc4ccccc43)cc2)CC1. The maximum absolute atomic E-state index is 4.72. The number of benzene rings is 2. The average Bonchev–Trinajstić information content (AvgIpc) is 3.18. The zero-order valence-electron chi connectivity index (χ0n) is 16.7. The number of nitrogens with zero attached hydrogens (tertiary/aromatic N) is 5. The number of pyridine rings is 1. The number of para-hydroxylation sites is 2. The molecule has 1 aliphatic heterocycles. The molecule has 0 N–H and O–H groups in total. The van der Waals surface area contributed by atoms with E-state index < -0.39 is 0 Å². The van der Waals surface area contributed by atoms with Crippen molar-refractivity contribution < 1.29 is 0 Å². The third kappa shape index (κ3) is 3.61. The Morgan fingerprint density at radius 1 is 0.828 bits per heavy atom. The number of anilines is 1. The first-order valence-corrected chi connectivity index (χ1v) is 10.2. The Morgan fingerprint density at radius 2 is 1.62 bits per heavy atom. The van der Waals surface area contributed by atoms with Gasteiger partial charge < -0.3 is 14.4 Å². The lowest BCUT2D eigenvalue weighted by Crippen LogP contribution is -2.45. The fourth-order valence-corrected chi connectivity index (χ4v) is 4.02. The van der Waals surface area contributed by atoms with Crippen LogP contribution in [0.1, 0.15) is 5.56 Å². The van der Waals surface area contributed by atoms with Gasteiger partial charge >= 0.3 is 0 Å². The molecule has 0 unspecified atom stereocenters. The van der Waals surface area contributed by atoms with Gasteiger partial charge in [0.25, 0.3) is 0 Å². The number of piperazine rings is 1. The number of rotatable bonds is 4. The Balaban J connectivity index is 1.39. The van der Waals surface area contributed by atoms with Crippen molar-refractivity contribution in [2.24, 2.45) is 0 Å². The van der Waals surface area contributed by atoms with Gasteiger partial charge in [-0.2, -0.15) is 0 Å². The summed E-state index contributed by atoms with van der Waals surface area (Å²) in [5, 5.41) is 0. The molecule has 2 aromatic heterocycles.